The van der Waals surface area contributed by atoms with Crippen molar-refractivity contribution in [1.29, 1.82) is 0 Å². The summed E-state index contributed by atoms with van der Waals surface area (Å²) in [7, 11) is 0. The maximum atomic E-state index is 11.6. The molecule has 0 aromatic heterocycles. The van der Waals surface area contributed by atoms with Crippen LogP contribution in [-0.2, 0) is 9.53 Å². The van der Waals surface area contributed by atoms with Gasteiger partial charge in [0, 0.05) is 0 Å². The summed E-state index contributed by atoms with van der Waals surface area (Å²) >= 11 is 0. The predicted octanol–water partition coefficient (Wildman–Crippen LogP) is 2.24. The molecule has 1 rings (SSSR count). The summed E-state index contributed by atoms with van der Waals surface area (Å²) in [5.41, 5.74) is 5.38. The van der Waals surface area contributed by atoms with E-state index in [-0.39, 0.29) is 5.97 Å². The first-order valence-electron chi connectivity index (χ1n) is 6.08. The second kappa shape index (κ2) is 5.50. The molecule has 0 aliphatic heterocycles. The van der Waals surface area contributed by atoms with Gasteiger partial charge in [-0.25, -0.2) is 0 Å². The normalized spacial score (nSPS) is 31.3. The molecular formula is C12H23NO2. The van der Waals surface area contributed by atoms with Gasteiger partial charge in [-0.2, -0.15) is 0 Å². The van der Waals surface area contributed by atoms with Crippen LogP contribution in [0, 0.1) is 5.92 Å². The van der Waals surface area contributed by atoms with E-state index in [9.17, 15) is 4.79 Å². The van der Waals surface area contributed by atoms with Gasteiger partial charge in [0.05, 0.1) is 6.61 Å². The molecule has 0 amide bonds. The summed E-state index contributed by atoms with van der Waals surface area (Å²) in [6, 6.07) is 0. The van der Waals surface area contributed by atoms with Crippen LogP contribution in [0.2, 0.25) is 0 Å². The maximum absolute atomic E-state index is 11.6. The van der Waals surface area contributed by atoms with Gasteiger partial charge in [-0.15, -0.1) is 0 Å². The number of carbonyl (C=O) groups excluding carboxylic acids is 1. The first kappa shape index (κ1) is 12.5. The monoisotopic (exact) mass is 213 g/mol. The predicted molar refractivity (Wildman–Crippen MR) is 60.4 cm³/mol. The quantitative estimate of drug-likeness (QED) is 0.729. The molecule has 0 heterocycles. The van der Waals surface area contributed by atoms with E-state index in [0.717, 1.165) is 31.6 Å². The Morgan fingerprint density at radius 3 is 2.47 bits per heavy atom. The number of hydrogen-bond acceptors (Lipinski definition) is 3. The number of carbonyl (C=O) groups is 1. The zero-order valence-electron chi connectivity index (χ0n) is 9.92. The number of rotatable bonds is 4. The van der Waals surface area contributed by atoms with Crippen LogP contribution >= 0.6 is 0 Å². The lowest BCUT2D eigenvalue weighted by Crippen LogP contribution is -2.51. The molecular weight excluding hydrogens is 190 g/mol. The third kappa shape index (κ3) is 3.20. The SMILES string of the molecule is CCCC1CCC(N)(C(=O)OCC)CC1. The molecule has 1 aliphatic carbocycles. The molecule has 88 valence electrons. The van der Waals surface area contributed by atoms with Crippen LogP contribution in [0.4, 0.5) is 0 Å². The molecule has 2 N–H and O–H groups in total. The lowest BCUT2D eigenvalue weighted by atomic mass is 9.76. The fourth-order valence-corrected chi connectivity index (χ4v) is 2.37. The second-order valence-electron chi connectivity index (χ2n) is 4.61. The highest BCUT2D eigenvalue weighted by Gasteiger charge is 2.39. The zero-order valence-corrected chi connectivity index (χ0v) is 9.92. The fraction of sp³-hybridized carbons (Fsp3) is 0.917. The van der Waals surface area contributed by atoms with Crippen LogP contribution in [0.15, 0.2) is 0 Å². The van der Waals surface area contributed by atoms with E-state index in [2.05, 4.69) is 6.92 Å². The Balaban J connectivity index is 2.43. The molecule has 0 aromatic carbocycles. The van der Waals surface area contributed by atoms with Crippen LogP contribution in [0.25, 0.3) is 0 Å². The molecule has 1 aliphatic rings. The molecule has 0 spiro atoms. The minimum atomic E-state index is -0.694. The van der Waals surface area contributed by atoms with Crippen molar-refractivity contribution in [2.75, 3.05) is 6.61 Å². The van der Waals surface area contributed by atoms with Crippen molar-refractivity contribution in [2.24, 2.45) is 11.7 Å². The van der Waals surface area contributed by atoms with Crippen LogP contribution < -0.4 is 5.73 Å². The van der Waals surface area contributed by atoms with Crippen molar-refractivity contribution in [3.8, 4) is 0 Å². The van der Waals surface area contributed by atoms with Crippen molar-refractivity contribution in [3.63, 3.8) is 0 Å². The van der Waals surface area contributed by atoms with Gasteiger partial charge in [-0.1, -0.05) is 19.8 Å². The molecule has 1 fully saturated rings. The van der Waals surface area contributed by atoms with Gasteiger partial charge in [-0.3, -0.25) is 4.79 Å². The number of nitrogens with two attached hydrogens (primary N) is 1. The van der Waals surface area contributed by atoms with Crippen LogP contribution in [0.1, 0.15) is 52.4 Å². The number of hydrogen-bond donors (Lipinski definition) is 1. The van der Waals surface area contributed by atoms with Gasteiger partial charge in [0.25, 0.3) is 0 Å². The van der Waals surface area contributed by atoms with E-state index in [0.29, 0.717) is 6.61 Å². The van der Waals surface area contributed by atoms with E-state index >= 15 is 0 Å². The first-order valence-corrected chi connectivity index (χ1v) is 6.08. The Morgan fingerprint density at radius 2 is 2.00 bits per heavy atom. The molecule has 0 radical (unpaired) electrons. The largest absolute Gasteiger partial charge is 0.465 e. The molecule has 0 saturated heterocycles. The van der Waals surface area contributed by atoms with Crippen LogP contribution in [-0.4, -0.2) is 18.1 Å². The Kier molecular flexibility index (Phi) is 4.58. The third-order valence-corrected chi connectivity index (χ3v) is 3.38. The Labute approximate surface area is 92.4 Å². The van der Waals surface area contributed by atoms with Gasteiger partial charge in [0.1, 0.15) is 5.54 Å². The highest BCUT2D eigenvalue weighted by Crippen LogP contribution is 2.33. The molecule has 15 heavy (non-hydrogen) atoms. The molecule has 0 unspecified atom stereocenters. The molecule has 0 atom stereocenters. The van der Waals surface area contributed by atoms with Crippen molar-refractivity contribution in [2.45, 2.75) is 57.9 Å². The Morgan fingerprint density at radius 1 is 1.40 bits per heavy atom. The summed E-state index contributed by atoms with van der Waals surface area (Å²) in [6.07, 6.45) is 6.21. The smallest absolute Gasteiger partial charge is 0.326 e. The highest BCUT2D eigenvalue weighted by atomic mass is 16.5. The van der Waals surface area contributed by atoms with Gasteiger partial charge < -0.3 is 10.5 Å². The minimum Gasteiger partial charge on any atom is -0.465 e. The molecule has 3 nitrogen and oxygen atoms in total. The van der Waals surface area contributed by atoms with Crippen molar-refractivity contribution >= 4 is 5.97 Å². The summed E-state index contributed by atoms with van der Waals surface area (Å²) in [6.45, 7) is 4.45. The molecule has 1 saturated carbocycles. The Bertz CT molecular complexity index is 208. The van der Waals surface area contributed by atoms with E-state index in [1.54, 1.807) is 0 Å². The zero-order chi connectivity index (χ0) is 11.3. The van der Waals surface area contributed by atoms with Crippen molar-refractivity contribution in [1.82, 2.24) is 0 Å². The lowest BCUT2D eigenvalue weighted by molar-refractivity contribution is -0.151. The van der Waals surface area contributed by atoms with Gasteiger partial charge in [0.15, 0.2) is 0 Å². The van der Waals surface area contributed by atoms with Crippen molar-refractivity contribution in [3.05, 3.63) is 0 Å². The standard InChI is InChI=1S/C12H23NO2/c1-3-5-10-6-8-12(13,9-7-10)11(14)15-4-2/h10H,3-9,13H2,1-2H3. The van der Waals surface area contributed by atoms with E-state index in [1.165, 1.54) is 12.8 Å². The van der Waals surface area contributed by atoms with Crippen LogP contribution in [0.5, 0.6) is 0 Å². The summed E-state index contributed by atoms with van der Waals surface area (Å²) in [5, 5.41) is 0. The second-order valence-corrected chi connectivity index (χ2v) is 4.61. The van der Waals surface area contributed by atoms with E-state index < -0.39 is 5.54 Å². The summed E-state index contributed by atoms with van der Waals surface area (Å²) < 4.78 is 5.02. The highest BCUT2D eigenvalue weighted by molar-refractivity contribution is 5.80. The lowest BCUT2D eigenvalue weighted by Gasteiger charge is -2.34. The van der Waals surface area contributed by atoms with Gasteiger partial charge in [0.2, 0.25) is 0 Å². The number of esters is 1. The van der Waals surface area contributed by atoms with Gasteiger partial charge >= 0.3 is 5.97 Å². The van der Waals surface area contributed by atoms with Gasteiger partial charge in [-0.05, 0) is 38.5 Å². The minimum absolute atomic E-state index is 0.208. The van der Waals surface area contributed by atoms with E-state index in [4.69, 9.17) is 10.5 Å². The maximum Gasteiger partial charge on any atom is 0.326 e. The fourth-order valence-electron chi connectivity index (χ4n) is 2.37. The topological polar surface area (TPSA) is 52.3 Å². The third-order valence-electron chi connectivity index (χ3n) is 3.38. The Hall–Kier alpha value is -0.570. The number of ether oxygens (including phenoxy) is 1. The summed E-state index contributed by atoms with van der Waals surface area (Å²) in [4.78, 5) is 11.6. The van der Waals surface area contributed by atoms with Crippen molar-refractivity contribution < 1.29 is 9.53 Å². The molecule has 3 heteroatoms. The van der Waals surface area contributed by atoms with E-state index in [1.807, 2.05) is 6.92 Å². The molecule has 0 bridgehead atoms. The summed E-state index contributed by atoms with van der Waals surface area (Å²) in [5.74, 6) is 0.557. The van der Waals surface area contributed by atoms with Crippen LogP contribution in [0.3, 0.4) is 0 Å². The average Bonchev–Trinajstić information content (AvgIpc) is 2.22. The molecule has 0 aromatic rings. The average molecular weight is 213 g/mol. The first-order chi connectivity index (χ1) is 7.12.